The molecule has 0 aromatic heterocycles. The van der Waals surface area contributed by atoms with Crippen LogP contribution < -0.4 is 0 Å². The quantitative estimate of drug-likeness (QED) is 0.722. The van der Waals surface area contributed by atoms with E-state index < -0.39 is 6.10 Å². The Morgan fingerprint density at radius 3 is 1.56 bits per heavy atom. The Hall–Kier alpha value is -2.52. The molecular formula is C24H28O3. The van der Waals surface area contributed by atoms with Gasteiger partial charge in [0.1, 0.15) is 11.5 Å². The molecule has 1 aliphatic carbocycles. The smallest absolute Gasteiger partial charge is 0.121 e. The van der Waals surface area contributed by atoms with E-state index in [-0.39, 0.29) is 11.8 Å². The van der Waals surface area contributed by atoms with Crippen molar-refractivity contribution >= 4 is 0 Å². The fourth-order valence-corrected chi connectivity index (χ4v) is 3.92. The Morgan fingerprint density at radius 1 is 0.778 bits per heavy atom. The predicted octanol–water partition coefficient (Wildman–Crippen LogP) is 4.96. The van der Waals surface area contributed by atoms with Crippen molar-refractivity contribution in [1.29, 1.82) is 0 Å². The molecule has 3 heteroatoms. The minimum Gasteiger partial charge on any atom is -0.507 e. The number of benzene rings is 2. The largest absolute Gasteiger partial charge is 0.507 e. The summed E-state index contributed by atoms with van der Waals surface area (Å²) in [6, 6.07) is 8.09. The fraction of sp³-hybridized carbons (Fsp3) is 0.333. The molecule has 3 rings (SSSR count). The first-order chi connectivity index (χ1) is 12.7. The van der Waals surface area contributed by atoms with E-state index in [1.165, 1.54) is 0 Å². The molecule has 0 bridgehead atoms. The van der Waals surface area contributed by atoms with Crippen LogP contribution in [0.25, 0.3) is 0 Å². The molecule has 2 atom stereocenters. The summed E-state index contributed by atoms with van der Waals surface area (Å²) in [5.74, 6) is 0.651. The average Bonchev–Trinajstić information content (AvgIpc) is 2.60. The zero-order chi connectivity index (χ0) is 19.9. The van der Waals surface area contributed by atoms with E-state index in [4.69, 9.17) is 0 Å². The lowest BCUT2D eigenvalue weighted by Crippen LogP contribution is -2.18. The number of phenolic OH excluding ortho intramolecular Hbond substituents is 2. The molecule has 0 heterocycles. The highest BCUT2D eigenvalue weighted by molar-refractivity contribution is 5.54. The van der Waals surface area contributed by atoms with Crippen molar-refractivity contribution in [1.82, 2.24) is 0 Å². The van der Waals surface area contributed by atoms with Gasteiger partial charge in [-0.3, -0.25) is 0 Å². The molecular weight excluding hydrogens is 336 g/mol. The maximum absolute atomic E-state index is 10.2. The van der Waals surface area contributed by atoms with Crippen molar-refractivity contribution in [2.75, 3.05) is 0 Å². The van der Waals surface area contributed by atoms with Gasteiger partial charge in [0.2, 0.25) is 0 Å². The van der Waals surface area contributed by atoms with E-state index in [1.807, 2.05) is 71.0 Å². The van der Waals surface area contributed by atoms with Gasteiger partial charge in [-0.25, -0.2) is 0 Å². The van der Waals surface area contributed by atoms with Crippen LogP contribution in [-0.2, 0) is 0 Å². The predicted molar refractivity (Wildman–Crippen MR) is 109 cm³/mol. The van der Waals surface area contributed by atoms with Crippen LogP contribution in [0.3, 0.4) is 0 Å². The molecule has 142 valence electrons. The molecule has 3 N–H and O–H groups in total. The van der Waals surface area contributed by atoms with E-state index in [9.17, 15) is 15.3 Å². The van der Waals surface area contributed by atoms with Crippen LogP contribution in [0.2, 0.25) is 0 Å². The highest BCUT2D eigenvalue weighted by Gasteiger charge is 2.24. The lowest BCUT2D eigenvalue weighted by Gasteiger charge is -2.27. The molecule has 0 aliphatic heterocycles. The maximum Gasteiger partial charge on any atom is 0.121 e. The Morgan fingerprint density at radius 2 is 1.19 bits per heavy atom. The molecule has 3 nitrogen and oxygen atoms in total. The van der Waals surface area contributed by atoms with Gasteiger partial charge in [0, 0.05) is 11.8 Å². The number of aliphatic hydroxyl groups excluding tert-OH is 1. The first-order valence-corrected chi connectivity index (χ1v) is 9.37. The van der Waals surface area contributed by atoms with E-state index in [0.29, 0.717) is 11.5 Å². The number of hydrogen-bond acceptors (Lipinski definition) is 3. The van der Waals surface area contributed by atoms with Gasteiger partial charge < -0.3 is 15.3 Å². The molecule has 0 fully saturated rings. The molecule has 2 unspecified atom stereocenters. The summed E-state index contributed by atoms with van der Waals surface area (Å²) < 4.78 is 0. The van der Waals surface area contributed by atoms with E-state index in [1.54, 1.807) is 0 Å². The van der Waals surface area contributed by atoms with Crippen LogP contribution in [0.15, 0.2) is 48.1 Å². The van der Waals surface area contributed by atoms with Gasteiger partial charge in [0.15, 0.2) is 0 Å². The number of phenols is 2. The standard InChI is InChI=1S/C24H28O3/c1-13-8-18(6-7-21(13)25)22(19-9-14(2)23(26)15(3)10-19)20-11-16(4)24(27)17(5)12-20/h6-13,21-22,25-27H,1-5H3. The Balaban J connectivity index is 2.22. The van der Waals surface area contributed by atoms with Crippen molar-refractivity contribution < 1.29 is 15.3 Å². The Bertz CT molecular complexity index is 833. The van der Waals surface area contributed by atoms with Crippen molar-refractivity contribution in [2.45, 2.75) is 46.6 Å². The SMILES string of the molecule is Cc1cc(C(C2=CC(C)C(O)C=C2)c2cc(C)c(O)c(C)c2)cc(C)c1O. The van der Waals surface area contributed by atoms with Gasteiger partial charge in [-0.05, 0) is 66.6 Å². The Kier molecular flexibility index (Phi) is 5.16. The molecule has 0 amide bonds. The van der Waals surface area contributed by atoms with Gasteiger partial charge >= 0.3 is 0 Å². The summed E-state index contributed by atoms with van der Waals surface area (Å²) >= 11 is 0. The van der Waals surface area contributed by atoms with Gasteiger partial charge in [0.05, 0.1) is 6.10 Å². The molecule has 2 aromatic rings. The molecule has 0 radical (unpaired) electrons. The minimum atomic E-state index is -0.471. The van der Waals surface area contributed by atoms with E-state index in [0.717, 1.165) is 39.0 Å². The molecule has 0 spiro atoms. The second-order valence-corrected chi connectivity index (χ2v) is 7.82. The average molecular weight is 364 g/mol. The normalized spacial score (nSPS) is 19.4. The van der Waals surface area contributed by atoms with E-state index >= 15 is 0 Å². The van der Waals surface area contributed by atoms with Crippen LogP contribution in [0.1, 0.15) is 46.2 Å². The molecule has 1 aliphatic rings. The molecule has 0 saturated carbocycles. The summed E-state index contributed by atoms with van der Waals surface area (Å²) in [5.41, 5.74) is 6.66. The minimum absolute atomic E-state index is 0.0334. The lowest BCUT2D eigenvalue weighted by atomic mass is 9.79. The summed E-state index contributed by atoms with van der Waals surface area (Å²) in [6.07, 6.45) is 5.48. The van der Waals surface area contributed by atoms with Crippen LogP contribution in [0, 0.1) is 33.6 Å². The van der Waals surface area contributed by atoms with Crippen molar-refractivity contribution in [3.05, 3.63) is 81.4 Å². The van der Waals surface area contributed by atoms with Gasteiger partial charge in [-0.15, -0.1) is 0 Å². The summed E-state index contributed by atoms with van der Waals surface area (Å²) in [7, 11) is 0. The number of aromatic hydroxyl groups is 2. The van der Waals surface area contributed by atoms with Crippen LogP contribution in [-0.4, -0.2) is 21.4 Å². The summed E-state index contributed by atoms with van der Waals surface area (Å²) in [5, 5.41) is 30.5. The molecule has 2 aromatic carbocycles. The summed E-state index contributed by atoms with van der Waals surface area (Å²) in [4.78, 5) is 0. The van der Waals surface area contributed by atoms with Crippen LogP contribution in [0.5, 0.6) is 11.5 Å². The topological polar surface area (TPSA) is 60.7 Å². The highest BCUT2D eigenvalue weighted by atomic mass is 16.3. The Labute approximate surface area is 161 Å². The second kappa shape index (κ2) is 7.24. The van der Waals surface area contributed by atoms with Crippen molar-refractivity contribution in [2.24, 2.45) is 5.92 Å². The van der Waals surface area contributed by atoms with Crippen LogP contribution in [0.4, 0.5) is 0 Å². The van der Waals surface area contributed by atoms with Gasteiger partial charge in [0.25, 0.3) is 0 Å². The molecule has 0 saturated heterocycles. The number of aliphatic hydroxyl groups is 1. The van der Waals surface area contributed by atoms with Crippen molar-refractivity contribution in [3.8, 4) is 11.5 Å². The number of rotatable bonds is 3. The fourth-order valence-electron chi connectivity index (χ4n) is 3.92. The third-order valence-corrected chi connectivity index (χ3v) is 5.51. The third-order valence-electron chi connectivity index (χ3n) is 5.51. The second-order valence-electron chi connectivity index (χ2n) is 7.82. The van der Waals surface area contributed by atoms with Gasteiger partial charge in [-0.1, -0.05) is 49.4 Å². The molecule has 27 heavy (non-hydrogen) atoms. The zero-order valence-electron chi connectivity index (χ0n) is 16.6. The maximum atomic E-state index is 10.2. The number of hydrogen-bond donors (Lipinski definition) is 3. The van der Waals surface area contributed by atoms with Crippen LogP contribution >= 0.6 is 0 Å². The lowest BCUT2D eigenvalue weighted by molar-refractivity contribution is 0.183. The summed E-state index contributed by atoms with van der Waals surface area (Å²) in [6.45, 7) is 9.65. The van der Waals surface area contributed by atoms with E-state index in [2.05, 4.69) is 6.08 Å². The number of allylic oxidation sites excluding steroid dienone is 2. The zero-order valence-corrected chi connectivity index (χ0v) is 16.6. The first-order valence-electron chi connectivity index (χ1n) is 9.37. The first kappa shape index (κ1) is 19.2. The monoisotopic (exact) mass is 364 g/mol. The number of aryl methyl sites for hydroxylation is 4. The highest BCUT2D eigenvalue weighted by Crippen LogP contribution is 2.40. The van der Waals surface area contributed by atoms with Crippen molar-refractivity contribution in [3.63, 3.8) is 0 Å². The third kappa shape index (κ3) is 3.65. The van der Waals surface area contributed by atoms with Gasteiger partial charge in [-0.2, -0.15) is 0 Å².